The van der Waals surface area contributed by atoms with Gasteiger partial charge in [-0.15, -0.1) is 0 Å². The van der Waals surface area contributed by atoms with E-state index in [4.69, 9.17) is 20.9 Å². The van der Waals surface area contributed by atoms with Crippen LogP contribution in [0.5, 0.6) is 0 Å². The first-order valence-electron chi connectivity index (χ1n) is 10.5. The van der Waals surface area contributed by atoms with Gasteiger partial charge in [0.15, 0.2) is 5.76 Å². The smallest absolute Gasteiger partial charge is 0.411 e. The fourth-order valence-corrected chi connectivity index (χ4v) is 3.77. The van der Waals surface area contributed by atoms with Crippen molar-refractivity contribution >= 4 is 29.4 Å². The first kappa shape index (κ1) is 23.1. The van der Waals surface area contributed by atoms with E-state index < -0.39 is 12.1 Å². The van der Waals surface area contributed by atoms with Crippen LogP contribution in [0.15, 0.2) is 77.3 Å². The minimum absolute atomic E-state index is 0.160. The summed E-state index contributed by atoms with van der Waals surface area (Å²) < 4.78 is 10.6. The SMILES string of the molecule is Cc1onc(-c2ccc(-c3ccccc3C(=O)O)cc2)c1NC(=O)OCCc1ccccc1Cl. The number of carbonyl (C=O) groups excluding carboxylic acids is 1. The number of hydrogen-bond donors (Lipinski definition) is 2. The van der Waals surface area contributed by atoms with E-state index in [1.807, 2.05) is 18.2 Å². The number of nitrogens with one attached hydrogen (secondary N) is 1. The zero-order valence-corrected chi connectivity index (χ0v) is 19.0. The molecule has 7 nitrogen and oxygen atoms in total. The van der Waals surface area contributed by atoms with Crippen LogP contribution in [-0.4, -0.2) is 28.9 Å². The van der Waals surface area contributed by atoms with Crippen LogP contribution in [-0.2, 0) is 11.2 Å². The number of ether oxygens (including phenoxy) is 1. The van der Waals surface area contributed by atoms with Crippen LogP contribution in [0.3, 0.4) is 0 Å². The van der Waals surface area contributed by atoms with Gasteiger partial charge in [-0.1, -0.05) is 77.4 Å². The van der Waals surface area contributed by atoms with Crippen LogP contribution < -0.4 is 5.32 Å². The summed E-state index contributed by atoms with van der Waals surface area (Å²) in [4.78, 5) is 23.9. The highest BCUT2D eigenvalue weighted by Crippen LogP contribution is 2.32. The molecule has 8 heteroatoms. The first-order valence-corrected chi connectivity index (χ1v) is 10.9. The molecular formula is C26H21ClN2O5. The lowest BCUT2D eigenvalue weighted by Crippen LogP contribution is -2.16. The summed E-state index contributed by atoms with van der Waals surface area (Å²) in [5.74, 6) is -0.565. The Kier molecular flexibility index (Phi) is 6.94. The zero-order valence-electron chi connectivity index (χ0n) is 18.2. The molecule has 172 valence electrons. The second-order valence-electron chi connectivity index (χ2n) is 7.49. The molecule has 1 heterocycles. The maximum Gasteiger partial charge on any atom is 0.411 e. The molecule has 4 rings (SSSR count). The van der Waals surface area contributed by atoms with E-state index in [-0.39, 0.29) is 12.2 Å². The minimum Gasteiger partial charge on any atom is -0.478 e. The molecule has 1 amide bonds. The molecule has 0 saturated heterocycles. The summed E-state index contributed by atoms with van der Waals surface area (Å²) in [6.45, 7) is 1.85. The second kappa shape index (κ2) is 10.2. The molecule has 34 heavy (non-hydrogen) atoms. The van der Waals surface area contributed by atoms with Crippen LogP contribution in [0, 0.1) is 6.92 Å². The Morgan fingerprint density at radius 1 is 1.00 bits per heavy atom. The van der Waals surface area contributed by atoms with Crippen molar-refractivity contribution < 1.29 is 24.0 Å². The Hall–Kier alpha value is -4.10. The van der Waals surface area contributed by atoms with Crippen molar-refractivity contribution in [3.8, 4) is 22.4 Å². The van der Waals surface area contributed by atoms with Crippen molar-refractivity contribution in [3.63, 3.8) is 0 Å². The summed E-state index contributed by atoms with van der Waals surface area (Å²) in [5.41, 5.74) is 4.01. The van der Waals surface area contributed by atoms with Crippen LogP contribution in [0.25, 0.3) is 22.4 Å². The largest absolute Gasteiger partial charge is 0.478 e. The standard InChI is InChI=1S/C26H21ClN2O5/c1-16-23(28-26(32)33-15-14-18-6-2-5-9-22(18)27)24(29-34-16)19-12-10-17(11-13-19)20-7-3-4-8-21(20)25(30)31/h2-13H,14-15H2,1H3,(H,28,32)(H,30,31). The summed E-state index contributed by atoms with van der Waals surface area (Å²) in [5, 5.41) is 16.8. The Morgan fingerprint density at radius 3 is 2.41 bits per heavy atom. The van der Waals surface area contributed by atoms with Gasteiger partial charge in [-0.25, -0.2) is 9.59 Å². The number of amides is 1. The molecule has 0 aliphatic carbocycles. The molecule has 0 aliphatic rings. The van der Waals surface area contributed by atoms with E-state index >= 15 is 0 Å². The van der Waals surface area contributed by atoms with Gasteiger partial charge in [0.05, 0.1) is 12.2 Å². The van der Waals surface area contributed by atoms with Crippen molar-refractivity contribution in [1.82, 2.24) is 5.16 Å². The van der Waals surface area contributed by atoms with Crippen molar-refractivity contribution in [2.75, 3.05) is 11.9 Å². The third-order valence-corrected chi connectivity index (χ3v) is 5.65. The quantitative estimate of drug-likeness (QED) is 0.317. The molecule has 0 spiro atoms. The molecule has 0 saturated carbocycles. The molecule has 2 N–H and O–H groups in total. The molecule has 0 atom stereocenters. The Morgan fingerprint density at radius 2 is 1.68 bits per heavy atom. The van der Waals surface area contributed by atoms with Gasteiger partial charge in [0.25, 0.3) is 0 Å². The first-order chi connectivity index (χ1) is 16.4. The molecule has 0 radical (unpaired) electrons. The average molecular weight is 477 g/mol. The number of carbonyl (C=O) groups is 2. The number of rotatable bonds is 7. The number of aryl methyl sites for hydroxylation is 1. The van der Waals surface area contributed by atoms with Gasteiger partial charge in [-0.3, -0.25) is 5.32 Å². The van der Waals surface area contributed by atoms with E-state index in [9.17, 15) is 14.7 Å². The lowest BCUT2D eigenvalue weighted by atomic mass is 9.98. The van der Waals surface area contributed by atoms with E-state index in [1.54, 1.807) is 61.5 Å². The third-order valence-electron chi connectivity index (χ3n) is 5.28. The highest BCUT2D eigenvalue weighted by atomic mass is 35.5. The van der Waals surface area contributed by atoms with E-state index in [0.717, 1.165) is 11.1 Å². The third kappa shape index (κ3) is 5.10. The van der Waals surface area contributed by atoms with E-state index in [2.05, 4.69) is 10.5 Å². The number of aromatic carboxylic acids is 1. The maximum absolute atomic E-state index is 12.4. The lowest BCUT2D eigenvalue weighted by molar-refractivity contribution is 0.0697. The summed E-state index contributed by atoms with van der Waals surface area (Å²) >= 11 is 6.13. The van der Waals surface area contributed by atoms with Crippen molar-refractivity contribution in [2.24, 2.45) is 0 Å². The number of hydrogen-bond acceptors (Lipinski definition) is 5. The highest BCUT2D eigenvalue weighted by Gasteiger charge is 2.18. The topological polar surface area (TPSA) is 102 Å². The number of aromatic nitrogens is 1. The van der Waals surface area contributed by atoms with Crippen molar-refractivity contribution in [2.45, 2.75) is 13.3 Å². The van der Waals surface area contributed by atoms with Gasteiger partial charge >= 0.3 is 12.1 Å². The number of halogens is 1. The Labute approximate surface area is 200 Å². The number of carboxylic acid groups (broad SMARTS) is 1. The average Bonchev–Trinajstić information content (AvgIpc) is 3.20. The molecule has 0 unspecified atom stereocenters. The van der Waals surface area contributed by atoms with Gasteiger partial charge in [0, 0.05) is 17.0 Å². The zero-order chi connectivity index (χ0) is 24.1. The van der Waals surface area contributed by atoms with Crippen LogP contribution in [0.4, 0.5) is 10.5 Å². The monoisotopic (exact) mass is 476 g/mol. The lowest BCUT2D eigenvalue weighted by Gasteiger charge is -2.09. The summed E-state index contributed by atoms with van der Waals surface area (Å²) in [6.07, 6.45) is -0.145. The maximum atomic E-state index is 12.4. The predicted molar refractivity (Wildman–Crippen MR) is 129 cm³/mol. The second-order valence-corrected chi connectivity index (χ2v) is 7.90. The molecule has 0 fully saturated rings. The van der Waals surface area contributed by atoms with Crippen molar-refractivity contribution in [1.29, 1.82) is 0 Å². The van der Waals surface area contributed by atoms with Gasteiger partial charge in [-0.2, -0.15) is 0 Å². The van der Waals surface area contributed by atoms with Gasteiger partial charge in [0.1, 0.15) is 11.4 Å². The molecule has 4 aromatic rings. The van der Waals surface area contributed by atoms with Crippen LogP contribution in [0.1, 0.15) is 21.7 Å². The molecule has 0 bridgehead atoms. The molecule has 1 aromatic heterocycles. The van der Waals surface area contributed by atoms with Gasteiger partial charge < -0.3 is 14.4 Å². The Balaban J connectivity index is 1.47. The minimum atomic E-state index is -0.994. The number of nitrogens with zero attached hydrogens (tertiary/aromatic N) is 1. The highest BCUT2D eigenvalue weighted by molar-refractivity contribution is 6.31. The van der Waals surface area contributed by atoms with Crippen molar-refractivity contribution in [3.05, 3.63) is 94.7 Å². The Bertz CT molecular complexity index is 1330. The molecule has 3 aromatic carbocycles. The number of benzene rings is 3. The fourth-order valence-electron chi connectivity index (χ4n) is 3.54. The fraction of sp³-hybridized carbons (Fsp3) is 0.115. The summed E-state index contributed by atoms with van der Waals surface area (Å²) in [7, 11) is 0. The molecular weight excluding hydrogens is 456 g/mol. The van der Waals surface area contributed by atoms with Gasteiger partial charge in [0.2, 0.25) is 0 Å². The van der Waals surface area contributed by atoms with E-state index in [0.29, 0.717) is 39.7 Å². The molecule has 0 aliphatic heterocycles. The van der Waals surface area contributed by atoms with Crippen LogP contribution >= 0.6 is 11.6 Å². The summed E-state index contributed by atoms with van der Waals surface area (Å²) in [6, 6.07) is 21.3. The van der Waals surface area contributed by atoms with E-state index in [1.165, 1.54) is 0 Å². The van der Waals surface area contributed by atoms with Crippen LogP contribution in [0.2, 0.25) is 5.02 Å². The number of anilines is 1. The number of carboxylic acids is 1. The predicted octanol–water partition coefficient (Wildman–Crippen LogP) is 6.46. The van der Waals surface area contributed by atoms with Gasteiger partial charge in [-0.05, 0) is 35.7 Å². The normalized spacial score (nSPS) is 10.6.